The normalized spacial score (nSPS) is 19.5. The molecule has 3 heterocycles. The fourth-order valence-corrected chi connectivity index (χ4v) is 2.13. The highest BCUT2D eigenvalue weighted by Crippen LogP contribution is 2.22. The van der Waals surface area contributed by atoms with E-state index < -0.39 is 0 Å². The molecule has 96 valence electrons. The lowest BCUT2D eigenvalue weighted by Crippen LogP contribution is -2.00. The topological polar surface area (TPSA) is 66.0 Å². The van der Waals surface area contributed by atoms with Crippen LogP contribution in [-0.2, 0) is 24.6 Å². The summed E-state index contributed by atoms with van der Waals surface area (Å²) < 4.78 is 12.4. The predicted molar refractivity (Wildman–Crippen MR) is 63.1 cm³/mol. The van der Waals surface area contributed by atoms with E-state index in [1.165, 1.54) is 5.56 Å². The Balaban J connectivity index is 1.59. The van der Waals surface area contributed by atoms with Gasteiger partial charge in [0, 0.05) is 32.2 Å². The Bertz CT molecular complexity index is 514. The van der Waals surface area contributed by atoms with Crippen molar-refractivity contribution in [2.75, 3.05) is 13.2 Å². The van der Waals surface area contributed by atoms with E-state index in [9.17, 15) is 0 Å². The van der Waals surface area contributed by atoms with Crippen LogP contribution in [0.5, 0.6) is 0 Å². The molecule has 0 aliphatic carbocycles. The van der Waals surface area contributed by atoms with Crippen LogP contribution in [0.4, 0.5) is 0 Å². The molecule has 0 radical (unpaired) electrons. The first kappa shape index (κ1) is 11.4. The number of ether oxygens (including phenoxy) is 1. The molecule has 2 aromatic rings. The second-order valence-electron chi connectivity index (χ2n) is 4.63. The second kappa shape index (κ2) is 4.89. The smallest absolute Gasteiger partial charge is 0.226 e. The molecule has 0 bridgehead atoms. The summed E-state index contributed by atoms with van der Waals surface area (Å²) in [5.41, 5.74) is 1.18. The lowest BCUT2D eigenvalue weighted by Gasteiger charge is -1.97. The zero-order valence-corrected chi connectivity index (χ0v) is 10.4. The molecule has 6 nitrogen and oxygen atoms in total. The fourth-order valence-electron chi connectivity index (χ4n) is 2.13. The van der Waals surface area contributed by atoms with Crippen molar-refractivity contribution in [3.8, 4) is 0 Å². The van der Waals surface area contributed by atoms with Gasteiger partial charge in [-0.2, -0.15) is 10.1 Å². The fraction of sp³-hybridized carbons (Fsp3) is 0.583. The van der Waals surface area contributed by atoms with Crippen LogP contribution in [0.3, 0.4) is 0 Å². The molecule has 1 fully saturated rings. The van der Waals surface area contributed by atoms with Crippen molar-refractivity contribution in [2.45, 2.75) is 25.2 Å². The Labute approximate surface area is 105 Å². The maximum Gasteiger partial charge on any atom is 0.226 e. The minimum atomic E-state index is 0.306. The molecule has 1 saturated heterocycles. The number of hydrogen-bond acceptors (Lipinski definition) is 5. The summed E-state index contributed by atoms with van der Waals surface area (Å²) in [6.45, 7) is 1.51. The van der Waals surface area contributed by atoms with Crippen LogP contribution in [0.2, 0.25) is 0 Å². The number of rotatable bonds is 4. The third-order valence-electron chi connectivity index (χ3n) is 3.16. The van der Waals surface area contributed by atoms with Crippen LogP contribution in [-0.4, -0.2) is 33.1 Å². The van der Waals surface area contributed by atoms with Gasteiger partial charge in [0.1, 0.15) is 0 Å². The van der Waals surface area contributed by atoms with E-state index in [2.05, 4.69) is 15.2 Å². The van der Waals surface area contributed by atoms with Crippen molar-refractivity contribution >= 4 is 0 Å². The molecule has 1 atom stereocenters. The molecule has 0 saturated carbocycles. The standard InChI is InChI=1S/C12H16N4O2/c1-16-7-9(6-13-16)2-3-11-14-12(15-18-11)10-4-5-17-8-10/h6-7,10H,2-5,8H2,1H3. The van der Waals surface area contributed by atoms with Crippen molar-refractivity contribution in [2.24, 2.45) is 7.05 Å². The summed E-state index contributed by atoms with van der Waals surface area (Å²) in [5.74, 6) is 1.79. The summed E-state index contributed by atoms with van der Waals surface area (Å²) in [4.78, 5) is 4.43. The average Bonchev–Trinajstić information content (AvgIpc) is 3.07. The van der Waals surface area contributed by atoms with E-state index in [4.69, 9.17) is 9.26 Å². The van der Waals surface area contributed by atoms with Gasteiger partial charge in [0.15, 0.2) is 5.82 Å². The maximum atomic E-state index is 5.32. The molecule has 1 aliphatic heterocycles. The predicted octanol–water partition coefficient (Wildman–Crippen LogP) is 1.09. The van der Waals surface area contributed by atoms with Crippen molar-refractivity contribution < 1.29 is 9.26 Å². The van der Waals surface area contributed by atoms with Crippen molar-refractivity contribution in [1.82, 2.24) is 19.9 Å². The molecule has 1 unspecified atom stereocenters. The van der Waals surface area contributed by atoms with Gasteiger partial charge < -0.3 is 9.26 Å². The monoisotopic (exact) mass is 248 g/mol. The molecule has 0 spiro atoms. The first-order valence-corrected chi connectivity index (χ1v) is 6.19. The van der Waals surface area contributed by atoms with E-state index >= 15 is 0 Å². The largest absolute Gasteiger partial charge is 0.381 e. The minimum Gasteiger partial charge on any atom is -0.381 e. The Morgan fingerprint density at radius 2 is 2.39 bits per heavy atom. The highest BCUT2D eigenvalue weighted by molar-refractivity contribution is 5.06. The Morgan fingerprint density at radius 1 is 1.44 bits per heavy atom. The molecule has 18 heavy (non-hydrogen) atoms. The van der Waals surface area contributed by atoms with Gasteiger partial charge in [-0.05, 0) is 18.4 Å². The average molecular weight is 248 g/mol. The lowest BCUT2D eigenvalue weighted by atomic mass is 10.1. The molecule has 2 aromatic heterocycles. The molecular weight excluding hydrogens is 232 g/mol. The quantitative estimate of drug-likeness (QED) is 0.810. The number of aromatic nitrogens is 4. The summed E-state index contributed by atoms with van der Waals surface area (Å²) in [6, 6.07) is 0. The van der Waals surface area contributed by atoms with E-state index in [-0.39, 0.29) is 0 Å². The van der Waals surface area contributed by atoms with Gasteiger partial charge in [0.05, 0.1) is 12.8 Å². The molecule has 0 N–H and O–H groups in total. The third-order valence-corrected chi connectivity index (χ3v) is 3.16. The highest BCUT2D eigenvalue weighted by atomic mass is 16.5. The number of aryl methyl sites for hydroxylation is 3. The van der Waals surface area contributed by atoms with E-state index in [0.717, 1.165) is 31.7 Å². The Hall–Kier alpha value is -1.69. The molecule has 6 heteroatoms. The molecule has 0 aromatic carbocycles. The zero-order chi connectivity index (χ0) is 12.4. The van der Waals surface area contributed by atoms with Crippen molar-refractivity contribution in [3.63, 3.8) is 0 Å². The Morgan fingerprint density at radius 3 is 3.11 bits per heavy atom. The molecule has 1 aliphatic rings. The molecule has 3 rings (SSSR count). The van der Waals surface area contributed by atoms with Crippen molar-refractivity contribution in [1.29, 1.82) is 0 Å². The van der Waals surface area contributed by atoms with Gasteiger partial charge in [0.25, 0.3) is 0 Å². The third kappa shape index (κ3) is 2.43. The summed E-state index contributed by atoms with van der Waals surface area (Å²) in [7, 11) is 1.91. The minimum absolute atomic E-state index is 0.306. The van der Waals surface area contributed by atoms with Gasteiger partial charge in [-0.15, -0.1) is 0 Å². The molecule has 0 amide bonds. The van der Waals surface area contributed by atoms with Crippen LogP contribution < -0.4 is 0 Å². The first-order chi connectivity index (χ1) is 8.81. The van der Waals surface area contributed by atoms with E-state index in [1.54, 1.807) is 4.68 Å². The summed E-state index contributed by atoms with van der Waals surface area (Å²) in [5, 5.41) is 8.16. The summed E-state index contributed by atoms with van der Waals surface area (Å²) >= 11 is 0. The summed E-state index contributed by atoms with van der Waals surface area (Å²) in [6.07, 6.45) is 6.48. The van der Waals surface area contributed by atoms with Crippen molar-refractivity contribution in [3.05, 3.63) is 29.7 Å². The van der Waals surface area contributed by atoms with Crippen LogP contribution in [0, 0.1) is 0 Å². The Kier molecular flexibility index (Phi) is 3.10. The second-order valence-corrected chi connectivity index (χ2v) is 4.63. The SMILES string of the molecule is Cn1cc(CCc2nc(C3CCOC3)no2)cn1. The van der Waals surface area contributed by atoms with E-state index in [1.807, 2.05) is 19.4 Å². The zero-order valence-electron chi connectivity index (χ0n) is 10.4. The first-order valence-electron chi connectivity index (χ1n) is 6.19. The maximum absolute atomic E-state index is 5.32. The van der Waals surface area contributed by atoms with Crippen LogP contribution in [0.15, 0.2) is 16.9 Å². The van der Waals surface area contributed by atoms with Crippen LogP contribution in [0.25, 0.3) is 0 Å². The van der Waals surface area contributed by atoms with Gasteiger partial charge in [-0.25, -0.2) is 0 Å². The van der Waals surface area contributed by atoms with Gasteiger partial charge in [0.2, 0.25) is 5.89 Å². The number of hydrogen-bond donors (Lipinski definition) is 0. The molecular formula is C12H16N4O2. The van der Waals surface area contributed by atoms with E-state index in [0.29, 0.717) is 18.4 Å². The van der Waals surface area contributed by atoms with Crippen LogP contribution in [0.1, 0.15) is 29.6 Å². The van der Waals surface area contributed by atoms with Gasteiger partial charge >= 0.3 is 0 Å². The van der Waals surface area contributed by atoms with Gasteiger partial charge in [-0.1, -0.05) is 5.16 Å². The number of nitrogens with zero attached hydrogens (tertiary/aromatic N) is 4. The highest BCUT2D eigenvalue weighted by Gasteiger charge is 2.22. The van der Waals surface area contributed by atoms with Crippen LogP contribution >= 0.6 is 0 Å². The van der Waals surface area contributed by atoms with Gasteiger partial charge in [-0.3, -0.25) is 4.68 Å². The lowest BCUT2D eigenvalue weighted by molar-refractivity contribution is 0.192.